The van der Waals surface area contributed by atoms with E-state index in [-0.39, 0.29) is 6.61 Å². The minimum absolute atomic E-state index is 0.0299. The first-order valence-electron chi connectivity index (χ1n) is 3.21. The van der Waals surface area contributed by atoms with Crippen molar-refractivity contribution in [2.45, 2.75) is 20.1 Å². The zero-order chi connectivity index (χ0) is 7.28. The molecule has 1 N–H and O–H groups in total. The highest BCUT2D eigenvalue weighted by Gasteiger charge is 2.07. The number of nitrogens with zero attached hydrogens (tertiary/aromatic N) is 1. The van der Waals surface area contributed by atoms with Crippen molar-refractivity contribution in [1.82, 2.24) is 4.90 Å². The van der Waals surface area contributed by atoms with E-state index in [2.05, 4.69) is 0 Å². The van der Waals surface area contributed by atoms with Gasteiger partial charge in [-0.05, 0) is 13.5 Å². The number of rotatable bonds is 4. The van der Waals surface area contributed by atoms with Gasteiger partial charge in [0.15, 0.2) is 6.30 Å². The van der Waals surface area contributed by atoms with Crippen molar-refractivity contribution >= 4 is 0 Å². The molecule has 56 valence electrons. The van der Waals surface area contributed by atoms with Crippen LogP contribution in [0.1, 0.15) is 13.8 Å². The summed E-state index contributed by atoms with van der Waals surface area (Å²) in [4.78, 5) is 1.56. The van der Waals surface area contributed by atoms with E-state index in [1.54, 1.807) is 4.90 Å². The number of alkyl halides is 1. The lowest BCUT2D eigenvalue weighted by Crippen LogP contribution is -2.32. The van der Waals surface area contributed by atoms with Crippen LogP contribution in [0.4, 0.5) is 4.39 Å². The molecule has 0 amide bonds. The van der Waals surface area contributed by atoms with Crippen LogP contribution in [0, 0.1) is 0 Å². The van der Waals surface area contributed by atoms with E-state index in [1.165, 1.54) is 6.92 Å². The minimum Gasteiger partial charge on any atom is -0.395 e. The summed E-state index contributed by atoms with van der Waals surface area (Å²) in [6, 6.07) is 0. The number of hydrogen-bond acceptors (Lipinski definition) is 2. The van der Waals surface area contributed by atoms with Crippen molar-refractivity contribution in [2.24, 2.45) is 0 Å². The topological polar surface area (TPSA) is 23.5 Å². The molecule has 0 fully saturated rings. The second-order valence-electron chi connectivity index (χ2n) is 1.93. The summed E-state index contributed by atoms with van der Waals surface area (Å²) in [5.41, 5.74) is 0. The predicted molar refractivity (Wildman–Crippen MR) is 34.9 cm³/mol. The van der Waals surface area contributed by atoms with Gasteiger partial charge in [0.05, 0.1) is 6.61 Å². The molecule has 9 heavy (non-hydrogen) atoms. The van der Waals surface area contributed by atoms with Crippen molar-refractivity contribution in [3.8, 4) is 0 Å². The van der Waals surface area contributed by atoms with Gasteiger partial charge in [0.2, 0.25) is 0 Å². The number of aliphatic hydroxyl groups excluding tert-OH is 1. The Labute approximate surface area is 55.3 Å². The maximum atomic E-state index is 12.4. The summed E-state index contributed by atoms with van der Waals surface area (Å²) >= 11 is 0. The van der Waals surface area contributed by atoms with E-state index in [0.717, 1.165) is 0 Å². The van der Waals surface area contributed by atoms with E-state index in [9.17, 15) is 4.39 Å². The average molecular weight is 135 g/mol. The lowest BCUT2D eigenvalue weighted by molar-refractivity contribution is 0.0827. The monoisotopic (exact) mass is 135 g/mol. The summed E-state index contributed by atoms with van der Waals surface area (Å²) in [5, 5.41) is 8.41. The second kappa shape index (κ2) is 4.70. The summed E-state index contributed by atoms with van der Waals surface area (Å²) in [7, 11) is 0. The van der Waals surface area contributed by atoms with Crippen molar-refractivity contribution in [3.05, 3.63) is 0 Å². The third-order valence-electron chi connectivity index (χ3n) is 1.30. The fraction of sp³-hybridized carbons (Fsp3) is 1.00. The molecule has 0 saturated carbocycles. The van der Waals surface area contributed by atoms with Crippen LogP contribution in [0.15, 0.2) is 0 Å². The highest BCUT2D eigenvalue weighted by molar-refractivity contribution is 4.53. The van der Waals surface area contributed by atoms with Crippen LogP contribution in [0.2, 0.25) is 0 Å². The van der Waals surface area contributed by atoms with E-state index >= 15 is 0 Å². The van der Waals surface area contributed by atoms with Gasteiger partial charge in [-0.3, -0.25) is 4.90 Å². The first-order valence-corrected chi connectivity index (χ1v) is 3.21. The smallest absolute Gasteiger partial charge is 0.150 e. The van der Waals surface area contributed by atoms with Gasteiger partial charge in [-0.25, -0.2) is 4.39 Å². The van der Waals surface area contributed by atoms with Gasteiger partial charge in [0.25, 0.3) is 0 Å². The summed E-state index contributed by atoms with van der Waals surface area (Å²) in [5.74, 6) is 0. The van der Waals surface area contributed by atoms with E-state index < -0.39 is 6.30 Å². The molecule has 0 saturated heterocycles. The van der Waals surface area contributed by atoms with Crippen LogP contribution in [0.3, 0.4) is 0 Å². The van der Waals surface area contributed by atoms with Crippen LogP contribution < -0.4 is 0 Å². The SMILES string of the molecule is CCN(CCO)C(C)F. The molecule has 2 nitrogen and oxygen atoms in total. The maximum Gasteiger partial charge on any atom is 0.150 e. The van der Waals surface area contributed by atoms with Gasteiger partial charge in [-0.1, -0.05) is 6.92 Å². The van der Waals surface area contributed by atoms with Gasteiger partial charge < -0.3 is 5.11 Å². The predicted octanol–water partition coefficient (Wildman–Crippen LogP) is 0.616. The van der Waals surface area contributed by atoms with Crippen molar-refractivity contribution < 1.29 is 9.50 Å². The molecule has 0 aromatic carbocycles. The minimum atomic E-state index is -0.942. The van der Waals surface area contributed by atoms with E-state index in [1.807, 2.05) is 6.92 Å². The maximum absolute atomic E-state index is 12.4. The Bertz CT molecular complexity index is 68.1. The molecule has 0 heterocycles. The lowest BCUT2D eigenvalue weighted by Gasteiger charge is -2.19. The third-order valence-corrected chi connectivity index (χ3v) is 1.30. The number of aliphatic hydroxyl groups is 1. The molecule has 1 atom stereocenters. The molecule has 0 rings (SSSR count). The average Bonchev–Trinajstić information content (AvgIpc) is 1.82. The molecule has 0 aliphatic carbocycles. The van der Waals surface area contributed by atoms with Crippen molar-refractivity contribution in [1.29, 1.82) is 0 Å². The van der Waals surface area contributed by atoms with Crippen LogP contribution in [-0.4, -0.2) is 36.0 Å². The largest absolute Gasteiger partial charge is 0.395 e. The van der Waals surface area contributed by atoms with Crippen LogP contribution in [-0.2, 0) is 0 Å². The number of hydrogen-bond donors (Lipinski definition) is 1. The van der Waals surface area contributed by atoms with E-state index in [4.69, 9.17) is 5.11 Å². The van der Waals surface area contributed by atoms with Gasteiger partial charge in [0.1, 0.15) is 0 Å². The van der Waals surface area contributed by atoms with Crippen molar-refractivity contribution in [3.63, 3.8) is 0 Å². The molecular weight excluding hydrogens is 121 g/mol. The first-order chi connectivity index (χ1) is 4.22. The van der Waals surface area contributed by atoms with Crippen LogP contribution in [0.25, 0.3) is 0 Å². The normalized spacial score (nSPS) is 14.3. The van der Waals surface area contributed by atoms with Gasteiger partial charge in [0, 0.05) is 6.54 Å². The quantitative estimate of drug-likeness (QED) is 0.571. The van der Waals surface area contributed by atoms with Crippen LogP contribution >= 0.6 is 0 Å². The molecule has 0 aromatic rings. The molecule has 0 radical (unpaired) electrons. The lowest BCUT2D eigenvalue weighted by atomic mass is 10.5. The van der Waals surface area contributed by atoms with Gasteiger partial charge >= 0.3 is 0 Å². The van der Waals surface area contributed by atoms with Gasteiger partial charge in [-0.2, -0.15) is 0 Å². The molecule has 1 unspecified atom stereocenters. The Morgan fingerprint density at radius 2 is 2.22 bits per heavy atom. The zero-order valence-corrected chi connectivity index (χ0v) is 5.97. The standard InChI is InChI=1S/C6H14FNO/c1-3-8(4-5-9)6(2)7/h6,9H,3-5H2,1-2H3. The second-order valence-corrected chi connectivity index (χ2v) is 1.93. The van der Waals surface area contributed by atoms with Crippen molar-refractivity contribution in [2.75, 3.05) is 19.7 Å². The highest BCUT2D eigenvalue weighted by atomic mass is 19.1. The highest BCUT2D eigenvalue weighted by Crippen LogP contribution is 1.97. The Morgan fingerprint density at radius 3 is 2.33 bits per heavy atom. The van der Waals surface area contributed by atoms with Crippen LogP contribution in [0.5, 0.6) is 0 Å². The molecule has 3 heteroatoms. The van der Waals surface area contributed by atoms with E-state index in [0.29, 0.717) is 13.1 Å². The Morgan fingerprint density at radius 1 is 1.67 bits per heavy atom. The Hall–Kier alpha value is -0.150. The summed E-state index contributed by atoms with van der Waals surface area (Å²) < 4.78 is 12.4. The fourth-order valence-corrected chi connectivity index (χ4v) is 0.716. The fourth-order valence-electron chi connectivity index (χ4n) is 0.716. The molecule has 0 bridgehead atoms. The Balaban J connectivity index is 3.41. The number of likely N-dealkylation sites (N-methyl/N-ethyl adjacent to an activating group) is 1. The van der Waals surface area contributed by atoms with Gasteiger partial charge in [-0.15, -0.1) is 0 Å². The summed E-state index contributed by atoms with van der Waals surface area (Å²) in [6.07, 6.45) is -0.942. The molecule has 0 aliphatic rings. The zero-order valence-electron chi connectivity index (χ0n) is 5.97. The molecule has 0 spiro atoms. The Kier molecular flexibility index (Phi) is 4.62. The summed E-state index contributed by atoms with van der Waals surface area (Å²) in [6.45, 7) is 4.44. The molecule has 0 aromatic heterocycles. The molecular formula is C6H14FNO. The third kappa shape index (κ3) is 3.43. The molecule has 0 aliphatic heterocycles. The first kappa shape index (κ1) is 8.85. The number of halogens is 1.